The zero-order valence-corrected chi connectivity index (χ0v) is 16.6. The van der Waals surface area contributed by atoms with Crippen LogP contribution in [0.3, 0.4) is 0 Å². The van der Waals surface area contributed by atoms with Gasteiger partial charge in [-0.3, -0.25) is 14.4 Å². The summed E-state index contributed by atoms with van der Waals surface area (Å²) < 4.78 is 0. The molecule has 3 N–H and O–H groups in total. The Labute approximate surface area is 152 Å². The monoisotopic (exact) mass is 398 g/mol. The Morgan fingerprint density at radius 3 is 1.65 bits per heavy atom. The van der Waals surface area contributed by atoms with Crippen molar-refractivity contribution in [1.82, 2.24) is 10.6 Å². The molecular weight excluding hydrogens is 376 g/mol. The van der Waals surface area contributed by atoms with Crippen molar-refractivity contribution in [3.05, 3.63) is 0 Å². The Morgan fingerprint density at radius 2 is 1.30 bits per heavy atom. The molecule has 2 amide bonds. The van der Waals surface area contributed by atoms with E-state index in [0.717, 1.165) is 23.0 Å². The second kappa shape index (κ2) is 9.33. The lowest BCUT2D eigenvalue weighted by Gasteiger charge is -2.19. The van der Waals surface area contributed by atoms with Crippen LogP contribution in [0.15, 0.2) is 0 Å². The highest BCUT2D eigenvalue weighted by molar-refractivity contribution is 8.77. The van der Waals surface area contributed by atoms with Gasteiger partial charge in [-0.2, -0.15) is 0 Å². The van der Waals surface area contributed by atoms with Crippen LogP contribution < -0.4 is 10.6 Å². The predicted molar refractivity (Wildman–Crippen MR) is 101 cm³/mol. The maximum absolute atomic E-state index is 11.5. The van der Waals surface area contributed by atoms with Crippen LogP contribution in [0.5, 0.6) is 0 Å². The second-order valence-corrected chi connectivity index (χ2v) is 10.8. The van der Waals surface area contributed by atoms with E-state index in [0.29, 0.717) is 0 Å². The van der Waals surface area contributed by atoms with Crippen molar-refractivity contribution in [3.8, 4) is 0 Å². The van der Waals surface area contributed by atoms with Gasteiger partial charge in [-0.15, -0.1) is 0 Å². The molecule has 0 unspecified atom stereocenters. The molecule has 0 bridgehead atoms. The summed E-state index contributed by atoms with van der Waals surface area (Å²) in [5.74, 6) is 2.40. The lowest BCUT2D eigenvalue weighted by atomic mass is 9.95. The Balaban J connectivity index is 0.000000238. The first-order valence-corrected chi connectivity index (χ1v) is 11.9. The minimum absolute atomic E-state index is 0.121. The van der Waals surface area contributed by atoms with E-state index in [-0.39, 0.29) is 23.8 Å². The fraction of sp³-hybridized carbons (Fsp3) is 0.769. The molecule has 0 aromatic heterocycles. The minimum Gasteiger partial charge on any atom is -0.480 e. The first-order valence-electron chi connectivity index (χ1n) is 6.95. The van der Waals surface area contributed by atoms with E-state index in [1.165, 1.54) is 0 Å². The average molecular weight is 399 g/mol. The van der Waals surface area contributed by atoms with Crippen LogP contribution in [0.2, 0.25) is 0 Å². The Bertz CT molecular complexity index is 449. The van der Waals surface area contributed by atoms with Crippen LogP contribution in [0.25, 0.3) is 0 Å². The van der Waals surface area contributed by atoms with Gasteiger partial charge in [0.05, 0.1) is 10.8 Å². The second-order valence-electron chi connectivity index (χ2n) is 5.83. The molecule has 0 aromatic rings. The van der Waals surface area contributed by atoms with E-state index < -0.39 is 11.4 Å². The fourth-order valence-electron chi connectivity index (χ4n) is 1.70. The predicted octanol–water partition coefficient (Wildman–Crippen LogP) is 1.72. The summed E-state index contributed by atoms with van der Waals surface area (Å²) in [5.41, 5.74) is -0.519. The highest BCUT2D eigenvalue weighted by Crippen LogP contribution is 2.43. The molecular formula is C13H22N2O4S4. The minimum atomic E-state index is -1.00. The number of carboxylic acids is 1. The van der Waals surface area contributed by atoms with Crippen molar-refractivity contribution >= 4 is 61.0 Å². The third-order valence-corrected chi connectivity index (χ3v) is 9.17. The van der Waals surface area contributed by atoms with Crippen LogP contribution in [0.4, 0.5) is 0 Å². The quantitative estimate of drug-likeness (QED) is 0.616. The summed E-state index contributed by atoms with van der Waals surface area (Å²) in [4.78, 5) is 32.9. The number of amides is 2. The summed E-state index contributed by atoms with van der Waals surface area (Å²) in [6.07, 6.45) is 0. The van der Waals surface area contributed by atoms with Gasteiger partial charge >= 0.3 is 5.97 Å². The van der Waals surface area contributed by atoms with E-state index in [9.17, 15) is 14.4 Å². The highest BCUT2D eigenvalue weighted by Gasteiger charge is 2.38. The third kappa shape index (κ3) is 6.32. The lowest BCUT2D eigenvalue weighted by Crippen LogP contribution is -2.42. The molecule has 0 radical (unpaired) electrons. The molecule has 0 saturated carbocycles. The lowest BCUT2D eigenvalue weighted by molar-refractivity contribution is -0.139. The maximum Gasteiger partial charge on any atom is 0.322 e. The van der Waals surface area contributed by atoms with E-state index in [1.807, 2.05) is 13.8 Å². The summed E-state index contributed by atoms with van der Waals surface area (Å²) in [5, 5.41) is 13.4. The number of hydrogen-bond acceptors (Lipinski definition) is 7. The smallest absolute Gasteiger partial charge is 0.322 e. The van der Waals surface area contributed by atoms with E-state index in [1.54, 1.807) is 50.2 Å². The van der Waals surface area contributed by atoms with Gasteiger partial charge in [0.2, 0.25) is 11.8 Å². The van der Waals surface area contributed by atoms with Crippen molar-refractivity contribution in [3.63, 3.8) is 0 Å². The van der Waals surface area contributed by atoms with Gasteiger partial charge in [-0.1, -0.05) is 43.2 Å². The first-order chi connectivity index (χ1) is 10.7. The molecule has 132 valence electrons. The van der Waals surface area contributed by atoms with Crippen LogP contribution in [0, 0.1) is 10.8 Å². The molecule has 0 atom stereocenters. The standard InChI is InChI=1S/C7H11NO3S2.C6H11NOS2/c1-7(3-12-13-4-7)6(11)8-2-5(9)10;1-6(5(8)7-2)3-9-10-4-6/h2-4H2,1H3,(H,8,11)(H,9,10);3-4H2,1-2H3,(H,7,8). The molecule has 2 rings (SSSR count). The molecule has 2 heterocycles. The fourth-order valence-corrected chi connectivity index (χ4v) is 8.39. The molecule has 0 spiro atoms. The number of carbonyl (C=O) groups excluding carboxylic acids is 2. The zero-order chi connectivity index (χ0) is 17.5. The number of aliphatic carboxylic acids is 1. The highest BCUT2D eigenvalue weighted by atomic mass is 33.1. The third-order valence-electron chi connectivity index (χ3n) is 3.40. The van der Waals surface area contributed by atoms with Gasteiger partial charge in [-0.05, 0) is 13.8 Å². The van der Waals surface area contributed by atoms with Crippen LogP contribution >= 0.6 is 43.2 Å². The molecule has 2 saturated heterocycles. The largest absolute Gasteiger partial charge is 0.480 e. The Kier molecular flexibility index (Phi) is 8.46. The van der Waals surface area contributed by atoms with E-state index >= 15 is 0 Å². The van der Waals surface area contributed by atoms with Crippen molar-refractivity contribution in [1.29, 1.82) is 0 Å². The first kappa shape index (κ1) is 20.9. The summed E-state index contributed by atoms with van der Waals surface area (Å²) in [7, 11) is 8.56. The molecule has 2 aliphatic heterocycles. The summed E-state index contributed by atoms with van der Waals surface area (Å²) in [6.45, 7) is 3.58. The van der Waals surface area contributed by atoms with Gasteiger partial charge in [-0.25, -0.2) is 0 Å². The Hall–Kier alpha value is -0.190. The summed E-state index contributed by atoms with van der Waals surface area (Å²) >= 11 is 0. The molecule has 23 heavy (non-hydrogen) atoms. The number of carboxylic acid groups (broad SMARTS) is 1. The average Bonchev–Trinajstić information content (AvgIpc) is 3.15. The molecule has 2 fully saturated rings. The normalized spacial score (nSPS) is 21.0. The van der Waals surface area contributed by atoms with Gasteiger partial charge in [0, 0.05) is 30.1 Å². The number of rotatable bonds is 4. The number of nitrogens with one attached hydrogen (secondary N) is 2. The van der Waals surface area contributed by atoms with Gasteiger partial charge in [0.15, 0.2) is 0 Å². The summed E-state index contributed by atoms with van der Waals surface area (Å²) in [6, 6.07) is 0. The van der Waals surface area contributed by atoms with Gasteiger partial charge in [0.25, 0.3) is 0 Å². The molecule has 2 aliphatic rings. The number of carbonyl (C=O) groups is 3. The maximum atomic E-state index is 11.5. The van der Waals surface area contributed by atoms with Crippen molar-refractivity contribution in [2.24, 2.45) is 10.8 Å². The van der Waals surface area contributed by atoms with Gasteiger partial charge < -0.3 is 15.7 Å². The number of hydrogen-bond donors (Lipinski definition) is 3. The SMILES string of the molecule is CC1(C(=O)NCC(=O)O)CSSC1.CNC(=O)C1(C)CSSC1. The van der Waals surface area contributed by atoms with Gasteiger partial charge in [0.1, 0.15) is 6.54 Å². The van der Waals surface area contributed by atoms with Crippen molar-refractivity contribution in [2.45, 2.75) is 13.8 Å². The van der Waals surface area contributed by atoms with E-state index in [2.05, 4.69) is 10.6 Å². The topological polar surface area (TPSA) is 95.5 Å². The van der Waals surface area contributed by atoms with Crippen LogP contribution in [0.1, 0.15) is 13.8 Å². The molecule has 0 aliphatic carbocycles. The molecule has 10 heteroatoms. The van der Waals surface area contributed by atoms with Crippen LogP contribution in [-0.2, 0) is 14.4 Å². The van der Waals surface area contributed by atoms with Crippen LogP contribution in [-0.4, -0.2) is 59.5 Å². The molecule has 0 aromatic carbocycles. The molecule has 6 nitrogen and oxygen atoms in total. The van der Waals surface area contributed by atoms with E-state index in [4.69, 9.17) is 5.11 Å². The zero-order valence-electron chi connectivity index (χ0n) is 13.3. The van der Waals surface area contributed by atoms with Crippen molar-refractivity contribution in [2.75, 3.05) is 36.6 Å². The van der Waals surface area contributed by atoms with Crippen molar-refractivity contribution < 1.29 is 19.5 Å². The Morgan fingerprint density at radius 1 is 0.913 bits per heavy atom.